The number of alkyl halides is 8. The SMILES string of the molecule is CC(Cl)Cl.CCc1c(NC[C@H](NC(=O)OCc2ccccc2)C(=O)N[C@@H](C)C(=O)O)ncnc1N1CCC(c2ccc3c(n2)NCCC3)CC1.CCc1c(NC[C@H](NC(=O)OCc2ccccc2)C(=O)N[C@@H](C)C(=O)OC(C)(C)C)ncnc1N1CCC(c2ccc3c(n2)NCCC3)CC1.FC(F)F.O=C(O)C(F)(F)F.O=CO. The third kappa shape index (κ3) is 32.7. The van der Waals surface area contributed by atoms with Gasteiger partial charge < -0.3 is 81.9 Å². The van der Waals surface area contributed by atoms with Gasteiger partial charge in [-0.25, -0.2) is 49.1 Å². The van der Waals surface area contributed by atoms with Gasteiger partial charge in [0.2, 0.25) is 11.8 Å². The Hall–Kier alpha value is -10.8. The van der Waals surface area contributed by atoms with Crippen LogP contribution in [0.1, 0.15) is 151 Å². The first-order chi connectivity index (χ1) is 54.1. The van der Waals surface area contributed by atoms with Crippen LogP contribution >= 0.6 is 23.2 Å². The summed E-state index contributed by atoms with van der Waals surface area (Å²) in [5.41, 5.74) is 7.53. The predicted molar refractivity (Wildman–Crippen MR) is 417 cm³/mol. The molecule has 4 atom stereocenters. The van der Waals surface area contributed by atoms with Gasteiger partial charge in [-0.1, -0.05) is 86.6 Å². The standard InChI is InChI=1S/C37H50N8O5.C33H42N8O5.C2H4Cl2.C2HF3O2.CHF3.CH2O2/c1-6-28-32(40-23-41-33(28)45-19-16-26(17-20-45)29-15-14-27-13-10-18-38-31(27)43-29)39-21-30(34(46)42-24(2)35(47)50-37(3,4)5)44-36(48)49-22-25-11-8-7-9-12-25;1-3-25-29(35-18-27(31(42)38-21(2)32(43)44)40-33(45)46-19-22-8-5-4-6-9-22)36-20-37-30(25)41-16-13-23(14-17-41)26-12-11-24-10-7-15-34-28(24)39-26;1-2(3)4;3-2(4,5)1(6)7;2-1(3)4;2-1-3/h7-9,11-12,14-15,23-24,26,30H,6,10,13,16-22H2,1-5H3,(H,38,43)(H,42,46)(H,44,48)(H,39,40,41);4-6,8-9,11-12,20-21,23,27H,3,7,10,13-19H2,1-2H3,(H,34,39)(H,38,42)(H,40,45)(H,43,44)(H,35,36,37);2H,1H3;(H,6,7);1H;1H,(H,2,3)/t24-,30-;21-,27-;;;;/m00..../s1. The molecule has 0 aliphatic carbocycles. The number of amides is 4. The molecular formula is C76H100Cl2F6N16O14. The summed E-state index contributed by atoms with van der Waals surface area (Å²) in [7, 11) is 0. The molecule has 0 unspecified atom stereocenters. The number of alkyl carbamates (subject to hydrolysis) is 2. The minimum absolute atomic E-state index is 0.0170. The zero-order chi connectivity index (χ0) is 84.1. The molecule has 38 heteroatoms. The summed E-state index contributed by atoms with van der Waals surface area (Å²) in [6.07, 6.45) is 5.84. The monoisotopic (exact) mass is 1640 g/mol. The Balaban J connectivity index is 0.000000336. The van der Waals surface area contributed by atoms with E-state index in [1.165, 1.54) is 37.6 Å². The summed E-state index contributed by atoms with van der Waals surface area (Å²) >= 11 is 10.1. The van der Waals surface area contributed by atoms with Crippen molar-refractivity contribution >= 4 is 106 Å². The van der Waals surface area contributed by atoms with E-state index in [1.807, 2.05) is 74.5 Å². The Morgan fingerprint density at radius 2 is 0.956 bits per heavy atom. The maximum absolute atomic E-state index is 13.5. The number of pyridine rings is 2. The first-order valence-electron chi connectivity index (χ1n) is 36.9. The van der Waals surface area contributed by atoms with Crippen LogP contribution in [0.3, 0.4) is 0 Å². The number of benzene rings is 2. The lowest BCUT2D eigenvalue weighted by molar-refractivity contribution is -0.192. The van der Waals surface area contributed by atoms with E-state index in [9.17, 15) is 60.2 Å². The molecule has 0 spiro atoms. The van der Waals surface area contributed by atoms with Gasteiger partial charge >= 0.3 is 42.9 Å². The smallest absolute Gasteiger partial charge is 0.483 e. The number of esters is 1. The van der Waals surface area contributed by atoms with Crippen LogP contribution in [0.5, 0.6) is 0 Å². The molecule has 11 N–H and O–H groups in total. The summed E-state index contributed by atoms with van der Waals surface area (Å²) in [6, 6.07) is 22.9. The van der Waals surface area contributed by atoms with Crippen LogP contribution in [0.15, 0.2) is 97.6 Å². The molecule has 4 aliphatic heterocycles. The van der Waals surface area contributed by atoms with Gasteiger partial charge in [-0.15, -0.1) is 23.2 Å². The number of nitrogens with zero attached hydrogens (tertiary/aromatic N) is 8. The van der Waals surface area contributed by atoms with Crippen molar-refractivity contribution in [2.45, 2.75) is 192 Å². The highest BCUT2D eigenvalue weighted by atomic mass is 35.5. The first kappa shape index (κ1) is 93.8. The zero-order valence-corrected chi connectivity index (χ0v) is 66.0. The number of halogens is 8. The molecule has 0 saturated carbocycles. The average molecular weight is 1650 g/mol. The van der Waals surface area contributed by atoms with Gasteiger partial charge in [0.25, 0.3) is 6.47 Å². The summed E-state index contributed by atoms with van der Waals surface area (Å²) < 4.78 is 76.9. The quantitative estimate of drug-likeness (QED) is 0.00881. The number of anilines is 6. The Morgan fingerprint density at radius 3 is 1.29 bits per heavy atom. The molecule has 6 aromatic rings. The van der Waals surface area contributed by atoms with Crippen molar-refractivity contribution in [3.05, 3.63) is 142 Å². The van der Waals surface area contributed by atoms with Crippen LogP contribution in [0.25, 0.3) is 0 Å². The number of carboxylic acid groups (broad SMARTS) is 3. The average Bonchev–Trinajstić information content (AvgIpc) is 0.805. The lowest BCUT2D eigenvalue weighted by atomic mass is 9.92. The molecule has 2 aromatic carbocycles. The molecule has 10 rings (SSSR count). The van der Waals surface area contributed by atoms with Gasteiger partial charge in [-0.2, -0.15) is 26.3 Å². The normalized spacial score (nSPS) is 14.8. The minimum atomic E-state index is -5.08. The summed E-state index contributed by atoms with van der Waals surface area (Å²) in [5, 5.41) is 47.0. The summed E-state index contributed by atoms with van der Waals surface area (Å²) in [5.74, 6) is -0.193. The van der Waals surface area contributed by atoms with Crippen LogP contribution in [0, 0.1) is 0 Å². The van der Waals surface area contributed by atoms with Gasteiger partial charge in [-0.05, 0) is 140 Å². The number of ether oxygens (including phenoxy) is 3. The molecule has 0 radical (unpaired) electrons. The largest absolute Gasteiger partial charge is 0.490 e. The Morgan fingerprint density at radius 1 is 0.596 bits per heavy atom. The topological polar surface area (TPSA) is 405 Å². The highest BCUT2D eigenvalue weighted by molar-refractivity contribution is 6.43. The lowest BCUT2D eigenvalue weighted by Gasteiger charge is -2.34. The Bertz CT molecular complexity index is 4030. The highest BCUT2D eigenvalue weighted by Crippen LogP contribution is 2.36. The number of carbonyl (C=O) groups is 8. The molecule has 624 valence electrons. The molecule has 4 amide bonds. The number of carbonyl (C=O) groups excluding carboxylic acids is 5. The molecule has 4 aliphatic rings. The predicted octanol–water partition coefficient (Wildman–Crippen LogP) is 11.5. The Labute approximate surface area is 666 Å². The number of piperidine rings is 2. The van der Waals surface area contributed by atoms with Gasteiger partial charge in [0, 0.05) is 86.7 Å². The number of hydrogen-bond donors (Lipinski definition) is 11. The van der Waals surface area contributed by atoms with E-state index in [0.29, 0.717) is 36.3 Å². The van der Waals surface area contributed by atoms with Gasteiger partial charge in [-0.3, -0.25) is 19.2 Å². The second kappa shape index (κ2) is 47.7. The van der Waals surface area contributed by atoms with Crippen LogP contribution in [-0.2, 0) is 81.9 Å². The van der Waals surface area contributed by atoms with Crippen LogP contribution in [0.2, 0.25) is 0 Å². The van der Waals surface area contributed by atoms with Crippen molar-refractivity contribution in [3.8, 4) is 0 Å². The number of fused-ring (bicyclic) bond motifs is 2. The minimum Gasteiger partial charge on any atom is -0.483 e. The van der Waals surface area contributed by atoms with E-state index >= 15 is 0 Å². The van der Waals surface area contributed by atoms with Crippen molar-refractivity contribution in [2.24, 2.45) is 0 Å². The van der Waals surface area contributed by atoms with E-state index in [1.54, 1.807) is 27.7 Å². The van der Waals surface area contributed by atoms with E-state index in [4.69, 9.17) is 67.2 Å². The fraction of sp³-hybridized carbons (Fsp3) is 0.500. The van der Waals surface area contributed by atoms with Crippen LogP contribution in [0.4, 0.5) is 70.8 Å². The number of rotatable bonds is 24. The van der Waals surface area contributed by atoms with E-state index < -0.39 is 84.5 Å². The third-order valence-corrected chi connectivity index (χ3v) is 17.5. The third-order valence-electron chi connectivity index (χ3n) is 17.5. The molecule has 2 saturated heterocycles. The zero-order valence-electron chi connectivity index (χ0n) is 64.5. The van der Waals surface area contributed by atoms with E-state index in [0.717, 1.165) is 148 Å². The van der Waals surface area contributed by atoms with Crippen molar-refractivity contribution in [2.75, 3.05) is 83.4 Å². The van der Waals surface area contributed by atoms with E-state index in [2.05, 4.69) is 96.5 Å². The second-order valence-corrected chi connectivity index (χ2v) is 28.6. The van der Waals surface area contributed by atoms with Crippen LogP contribution < -0.4 is 52.3 Å². The highest BCUT2D eigenvalue weighted by Gasteiger charge is 2.38. The maximum Gasteiger partial charge on any atom is 0.490 e. The number of hydrogen-bond acceptors (Lipinski definition) is 23. The van der Waals surface area contributed by atoms with Gasteiger partial charge in [0.15, 0.2) is 0 Å². The summed E-state index contributed by atoms with van der Waals surface area (Å²) in [6.45, 7) is 15.2. The number of aryl methyl sites for hydroxylation is 2. The van der Waals surface area contributed by atoms with Gasteiger partial charge in [0.1, 0.15) is 95.4 Å². The maximum atomic E-state index is 13.5. The molecule has 8 heterocycles. The van der Waals surface area contributed by atoms with Crippen molar-refractivity contribution < 1.29 is 94.2 Å². The van der Waals surface area contributed by atoms with Crippen molar-refractivity contribution in [3.63, 3.8) is 0 Å². The number of aliphatic carboxylic acids is 2. The number of nitrogens with one attached hydrogen (secondary N) is 8. The number of carboxylic acids is 2. The lowest BCUT2D eigenvalue weighted by Crippen LogP contribution is -2.54. The molecule has 30 nitrogen and oxygen atoms in total. The number of aromatic nitrogens is 6. The fourth-order valence-corrected chi connectivity index (χ4v) is 12.0. The second-order valence-electron chi connectivity index (χ2n) is 27.1. The Kier molecular flexibility index (Phi) is 39.2. The molecule has 2 fully saturated rings. The first-order valence-corrected chi connectivity index (χ1v) is 37.7. The van der Waals surface area contributed by atoms with Crippen molar-refractivity contribution in [1.29, 1.82) is 0 Å². The van der Waals surface area contributed by atoms with Crippen molar-refractivity contribution in [1.82, 2.24) is 51.2 Å². The molecule has 0 bridgehead atoms. The summed E-state index contributed by atoms with van der Waals surface area (Å²) in [4.78, 5) is 126. The molecular weight excluding hydrogens is 1550 g/mol. The molecule has 114 heavy (non-hydrogen) atoms. The van der Waals surface area contributed by atoms with Gasteiger partial charge in [0.05, 0.1) is 0 Å². The fourth-order valence-electron chi connectivity index (χ4n) is 12.0. The van der Waals surface area contributed by atoms with E-state index in [-0.39, 0.29) is 37.6 Å². The molecule has 4 aromatic heterocycles. The van der Waals surface area contributed by atoms with Crippen LogP contribution in [-0.4, -0.2) is 193 Å².